The summed E-state index contributed by atoms with van der Waals surface area (Å²) in [7, 11) is 0. The van der Waals surface area contributed by atoms with Gasteiger partial charge in [0.05, 0.1) is 9.75 Å². The first-order valence-electron chi connectivity index (χ1n) is 9.02. The van der Waals surface area contributed by atoms with Gasteiger partial charge < -0.3 is 16.0 Å². The van der Waals surface area contributed by atoms with Gasteiger partial charge in [0.1, 0.15) is 11.5 Å². The molecule has 4 N–H and O–H groups in total. The van der Waals surface area contributed by atoms with Crippen molar-refractivity contribution in [2.45, 2.75) is 12.5 Å². The molecule has 5 nitrogen and oxygen atoms in total. The number of aromatic amines is 1. The minimum atomic E-state index is -0.286. The predicted molar refractivity (Wildman–Crippen MR) is 118 cm³/mol. The van der Waals surface area contributed by atoms with Crippen molar-refractivity contribution in [1.29, 1.82) is 0 Å². The molecule has 0 fully saturated rings. The topological polar surface area (TPSA) is 83.8 Å². The van der Waals surface area contributed by atoms with Crippen molar-refractivity contribution in [3.8, 4) is 10.4 Å². The third kappa shape index (κ3) is 4.24. The predicted octanol–water partition coefficient (Wildman–Crippen LogP) is 4.49. The van der Waals surface area contributed by atoms with Crippen LogP contribution < -0.4 is 11.1 Å². The van der Waals surface area contributed by atoms with E-state index in [9.17, 15) is 9.18 Å². The number of nitrogens with zero attached hydrogens (tertiary/aromatic N) is 1. The van der Waals surface area contributed by atoms with Gasteiger partial charge in [-0.05, 0) is 58.2 Å². The number of hydrogen-bond donors (Lipinski definition) is 3. The molecule has 0 spiro atoms. The van der Waals surface area contributed by atoms with Gasteiger partial charge in [0.2, 0.25) is 0 Å². The fraction of sp³-hybridized carbons (Fsp3) is 0.143. The Balaban J connectivity index is 1.54. The zero-order valence-electron chi connectivity index (χ0n) is 15.3. The van der Waals surface area contributed by atoms with Gasteiger partial charge in [-0.3, -0.25) is 4.79 Å². The highest BCUT2D eigenvalue weighted by molar-refractivity contribution is 9.10. The lowest BCUT2D eigenvalue weighted by molar-refractivity contribution is 0.0942. The third-order valence-corrected chi connectivity index (χ3v) is 6.69. The van der Waals surface area contributed by atoms with Crippen molar-refractivity contribution in [2.24, 2.45) is 5.73 Å². The Hall–Kier alpha value is -2.55. The molecular weight excluding hydrogens is 455 g/mol. The number of rotatable bonds is 6. The van der Waals surface area contributed by atoms with Gasteiger partial charge in [0, 0.05) is 40.4 Å². The second-order valence-corrected chi connectivity index (χ2v) is 8.53. The highest BCUT2D eigenvalue weighted by Gasteiger charge is 2.19. The Morgan fingerprint density at radius 1 is 1.28 bits per heavy atom. The van der Waals surface area contributed by atoms with Crippen molar-refractivity contribution >= 4 is 44.2 Å². The van der Waals surface area contributed by atoms with E-state index in [1.54, 1.807) is 18.3 Å². The largest absolute Gasteiger partial charge is 0.347 e. The zero-order valence-corrected chi connectivity index (χ0v) is 17.7. The number of aromatic nitrogens is 2. The van der Waals surface area contributed by atoms with Gasteiger partial charge in [-0.1, -0.05) is 12.1 Å². The highest BCUT2D eigenvalue weighted by Crippen LogP contribution is 2.39. The second kappa shape index (κ2) is 8.44. The highest BCUT2D eigenvalue weighted by atomic mass is 79.9. The first-order chi connectivity index (χ1) is 14.0. The summed E-state index contributed by atoms with van der Waals surface area (Å²) in [5, 5.41) is 3.98. The Kier molecular flexibility index (Phi) is 5.75. The first kappa shape index (κ1) is 19.8. The van der Waals surface area contributed by atoms with E-state index in [4.69, 9.17) is 5.73 Å². The number of nitrogens with one attached hydrogen (secondary N) is 2. The molecule has 0 aliphatic heterocycles. The molecule has 0 saturated heterocycles. The van der Waals surface area contributed by atoms with Gasteiger partial charge >= 0.3 is 0 Å². The van der Waals surface area contributed by atoms with Gasteiger partial charge in [-0.2, -0.15) is 0 Å². The van der Waals surface area contributed by atoms with E-state index in [0.717, 1.165) is 31.5 Å². The van der Waals surface area contributed by atoms with Gasteiger partial charge in [0.25, 0.3) is 5.91 Å². The Morgan fingerprint density at radius 2 is 2.07 bits per heavy atom. The summed E-state index contributed by atoms with van der Waals surface area (Å²) in [4.78, 5) is 21.8. The SMILES string of the molecule is NC[C@H](Cc1ccc(F)cc1)NC(=O)c1cc(Br)c(-c2ccnc3[nH]ccc23)s1. The van der Waals surface area contributed by atoms with Crippen molar-refractivity contribution in [1.82, 2.24) is 15.3 Å². The number of amides is 1. The molecule has 0 aliphatic rings. The summed E-state index contributed by atoms with van der Waals surface area (Å²) < 4.78 is 13.9. The van der Waals surface area contributed by atoms with Crippen LogP contribution in [-0.2, 0) is 6.42 Å². The maximum absolute atomic E-state index is 13.1. The lowest BCUT2D eigenvalue weighted by Gasteiger charge is -2.16. The molecule has 3 heterocycles. The van der Waals surface area contributed by atoms with E-state index in [1.807, 2.05) is 24.4 Å². The second-order valence-electron chi connectivity index (χ2n) is 6.62. The molecule has 1 amide bonds. The first-order valence-corrected chi connectivity index (χ1v) is 10.6. The minimum Gasteiger partial charge on any atom is -0.347 e. The smallest absolute Gasteiger partial charge is 0.261 e. The number of thiophene rings is 1. The number of H-pyrrole nitrogens is 1. The average molecular weight is 473 g/mol. The lowest BCUT2D eigenvalue weighted by atomic mass is 10.1. The van der Waals surface area contributed by atoms with Crippen LogP contribution in [0.5, 0.6) is 0 Å². The zero-order chi connectivity index (χ0) is 20.4. The van der Waals surface area contributed by atoms with E-state index in [0.29, 0.717) is 11.3 Å². The molecule has 0 radical (unpaired) electrons. The molecule has 1 aromatic carbocycles. The molecule has 3 aromatic heterocycles. The van der Waals surface area contributed by atoms with Crippen molar-refractivity contribution in [3.05, 3.63) is 75.6 Å². The molecule has 4 aromatic rings. The monoisotopic (exact) mass is 472 g/mol. The lowest BCUT2D eigenvalue weighted by Crippen LogP contribution is -2.41. The van der Waals surface area contributed by atoms with Gasteiger partial charge in [-0.25, -0.2) is 9.37 Å². The van der Waals surface area contributed by atoms with E-state index in [2.05, 4.69) is 31.2 Å². The molecule has 8 heteroatoms. The Labute approximate surface area is 179 Å². The van der Waals surface area contributed by atoms with Crippen LogP contribution in [0, 0.1) is 5.82 Å². The van der Waals surface area contributed by atoms with E-state index >= 15 is 0 Å². The normalized spacial score (nSPS) is 12.2. The molecule has 4 rings (SSSR count). The van der Waals surface area contributed by atoms with Gasteiger partial charge in [-0.15, -0.1) is 11.3 Å². The van der Waals surface area contributed by atoms with Crippen LogP contribution in [-0.4, -0.2) is 28.5 Å². The number of carbonyl (C=O) groups excluding carboxylic acids is 1. The maximum atomic E-state index is 13.1. The summed E-state index contributed by atoms with van der Waals surface area (Å²) in [5.74, 6) is -0.468. The molecule has 0 aliphatic carbocycles. The molecular formula is C21H18BrFN4OS. The van der Waals surface area contributed by atoms with Crippen molar-refractivity contribution < 1.29 is 9.18 Å². The molecule has 0 saturated carbocycles. The number of benzene rings is 1. The number of fused-ring (bicyclic) bond motifs is 1. The molecule has 0 unspecified atom stereocenters. The molecule has 0 bridgehead atoms. The summed E-state index contributed by atoms with van der Waals surface area (Å²) >= 11 is 4.99. The van der Waals surface area contributed by atoms with Crippen LogP contribution >= 0.6 is 27.3 Å². The van der Waals surface area contributed by atoms with E-state index in [1.165, 1.54) is 23.5 Å². The summed E-state index contributed by atoms with van der Waals surface area (Å²) in [6.07, 6.45) is 4.13. The number of nitrogens with two attached hydrogens (primary N) is 1. The number of carbonyl (C=O) groups is 1. The van der Waals surface area contributed by atoms with Gasteiger partial charge in [0.15, 0.2) is 0 Å². The number of pyridine rings is 1. The van der Waals surface area contributed by atoms with Crippen LogP contribution in [0.2, 0.25) is 0 Å². The quantitative estimate of drug-likeness (QED) is 0.386. The molecule has 148 valence electrons. The maximum Gasteiger partial charge on any atom is 0.261 e. The third-order valence-electron chi connectivity index (χ3n) is 4.63. The van der Waals surface area contributed by atoms with Crippen LogP contribution in [0.3, 0.4) is 0 Å². The van der Waals surface area contributed by atoms with Crippen molar-refractivity contribution in [2.75, 3.05) is 6.54 Å². The fourth-order valence-corrected chi connectivity index (χ4v) is 5.01. The van der Waals surface area contributed by atoms with Crippen molar-refractivity contribution in [3.63, 3.8) is 0 Å². The average Bonchev–Trinajstić information content (AvgIpc) is 3.35. The Bertz CT molecular complexity index is 1160. The summed E-state index contributed by atoms with van der Waals surface area (Å²) in [5.41, 5.74) is 8.58. The summed E-state index contributed by atoms with van der Waals surface area (Å²) in [6.45, 7) is 0.289. The van der Waals surface area contributed by atoms with E-state index < -0.39 is 0 Å². The van der Waals surface area contributed by atoms with Crippen LogP contribution in [0.1, 0.15) is 15.2 Å². The standard InChI is InChI=1S/C21H18BrFN4OS/c22-17-10-18(29-19(17)15-5-7-25-20-16(15)6-8-26-20)21(28)27-14(11-24)9-12-1-3-13(23)4-2-12/h1-8,10,14H,9,11,24H2,(H,25,26)(H,27,28)/t14-/m0/s1. The Morgan fingerprint density at radius 3 is 2.83 bits per heavy atom. The van der Waals surface area contributed by atoms with Crippen LogP contribution in [0.15, 0.2) is 59.3 Å². The number of hydrogen-bond acceptors (Lipinski definition) is 4. The summed E-state index contributed by atoms with van der Waals surface area (Å²) in [6, 6.07) is 11.7. The molecule has 1 atom stereocenters. The minimum absolute atomic E-state index is 0.182. The van der Waals surface area contributed by atoms with Crippen LogP contribution in [0.25, 0.3) is 21.5 Å². The fourth-order valence-electron chi connectivity index (χ4n) is 3.18. The molecule has 29 heavy (non-hydrogen) atoms. The number of halogens is 2. The van der Waals surface area contributed by atoms with E-state index in [-0.39, 0.29) is 24.3 Å². The van der Waals surface area contributed by atoms with Crippen LogP contribution in [0.4, 0.5) is 4.39 Å².